The molecule has 0 fully saturated rings. The number of nitrogens with zero attached hydrogens (tertiary/aromatic N) is 1. The highest BCUT2D eigenvalue weighted by molar-refractivity contribution is 7.88. The minimum atomic E-state index is -5.80. The Bertz CT molecular complexity index is 1020. The zero-order valence-corrected chi connectivity index (χ0v) is 14.4. The minimum Gasteiger partial charge on any atom is -0.472 e. The van der Waals surface area contributed by atoms with E-state index in [0.717, 1.165) is 12.1 Å². The lowest BCUT2D eigenvalue weighted by Crippen LogP contribution is -2.38. The fourth-order valence-electron chi connectivity index (χ4n) is 2.97. The molecule has 6 nitrogen and oxygen atoms in total. The van der Waals surface area contributed by atoms with Crippen molar-refractivity contribution >= 4 is 15.9 Å². The number of benzene rings is 1. The predicted octanol–water partition coefficient (Wildman–Crippen LogP) is 3.49. The number of Topliss-reactive ketones (excluding diaryl/α,β-unsaturated/α-hetero) is 1. The van der Waals surface area contributed by atoms with Crippen molar-refractivity contribution in [1.82, 2.24) is 0 Å². The molecule has 2 aromatic rings. The van der Waals surface area contributed by atoms with Crippen LogP contribution in [0.2, 0.25) is 0 Å². The zero-order valence-electron chi connectivity index (χ0n) is 13.6. The maximum atomic E-state index is 12.5. The molecule has 1 heterocycles. The van der Waals surface area contributed by atoms with E-state index in [2.05, 4.69) is 10.3 Å². The van der Waals surface area contributed by atoms with Crippen LogP contribution in [0.5, 0.6) is 5.75 Å². The van der Waals surface area contributed by atoms with Gasteiger partial charge in [-0.1, -0.05) is 6.07 Å². The molecule has 0 spiro atoms. The molecule has 0 aliphatic heterocycles. The number of hydrogen-bond acceptors (Lipinski definition) is 6. The van der Waals surface area contributed by atoms with Crippen molar-refractivity contribution in [3.8, 4) is 11.8 Å². The molecule has 1 unspecified atom stereocenters. The number of alkyl halides is 3. The van der Waals surface area contributed by atoms with Crippen LogP contribution in [-0.2, 0) is 22.0 Å². The predicted molar refractivity (Wildman–Crippen MR) is 85.3 cm³/mol. The molecule has 27 heavy (non-hydrogen) atoms. The van der Waals surface area contributed by atoms with Crippen LogP contribution in [-0.4, -0.2) is 19.7 Å². The highest BCUT2D eigenvalue weighted by atomic mass is 32.2. The maximum absolute atomic E-state index is 12.5. The van der Waals surface area contributed by atoms with Crippen LogP contribution in [0.4, 0.5) is 13.2 Å². The Morgan fingerprint density at radius 1 is 1.33 bits per heavy atom. The van der Waals surface area contributed by atoms with Gasteiger partial charge < -0.3 is 8.60 Å². The molecule has 1 aliphatic rings. The van der Waals surface area contributed by atoms with Gasteiger partial charge in [-0.2, -0.15) is 26.9 Å². The standard InChI is InChI=1S/C17H12F3NO5S/c18-17(19,20)27(23,24)26-13-2-1-11-8-16(10-21,14(11)7-13)5-3-15(22)12-4-6-25-9-12/h1-2,4,6-7,9H,3,5,8H2. The Kier molecular flexibility index (Phi) is 4.51. The van der Waals surface area contributed by atoms with E-state index in [1.807, 2.05) is 0 Å². The highest BCUT2D eigenvalue weighted by Crippen LogP contribution is 2.46. The van der Waals surface area contributed by atoms with Crippen molar-refractivity contribution in [2.75, 3.05) is 0 Å². The van der Waals surface area contributed by atoms with Crippen molar-refractivity contribution in [1.29, 1.82) is 5.26 Å². The largest absolute Gasteiger partial charge is 0.534 e. The molecule has 142 valence electrons. The van der Waals surface area contributed by atoms with Crippen LogP contribution >= 0.6 is 0 Å². The lowest BCUT2D eigenvalue weighted by atomic mass is 9.62. The third-order valence-electron chi connectivity index (χ3n) is 4.41. The molecular weight excluding hydrogens is 387 g/mol. The average molecular weight is 399 g/mol. The van der Waals surface area contributed by atoms with Crippen molar-refractivity contribution in [3.05, 3.63) is 53.5 Å². The molecule has 1 aliphatic carbocycles. The highest BCUT2D eigenvalue weighted by Gasteiger charge is 2.49. The fourth-order valence-corrected chi connectivity index (χ4v) is 3.42. The number of halogens is 3. The third-order valence-corrected chi connectivity index (χ3v) is 5.39. The van der Waals surface area contributed by atoms with Gasteiger partial charge in [0.2, 0.25) is 0 Å². The first-order valence-electron chi connectivity index (χ1n) is 7.69. The monoisotopic (exact) mass is 399 g/mol. The molecule has 10 heteroatoms. The van der Waals surface area contributed by atoms with Gasteiger partial charge in [-0.15, -0.1) is 0 Å². The summed E-state index contributed by atoms with van der Waals surface area (Å²) in [6.45, 7) is 0. The molecule has 0 radical (unpaired) electrons. The number of fused-ring (bicyclic) bond motifs is 1. The number of rotatable bonds is 6. The summed E-state index contributed by atoms with van der Waals surface area (Å²) in [5.41, 5.74) is -5.24. The molecule has 0 bridgehead atoms. The van der Waals surface area contributed by atoms with E-state index in [0.29, 0.717) is 23.1 Å². The number of carbonyl (C=O) groups is 1. The molecule has 3 rings (SSSR count). The lowest BCUT2D eigenvalue weighted by Gasteiger charge is -2.38. The van der Waals surface area contributed by atoms with E-state index in [-0.39, 0.29) is 18.6 Å². The van der Waals surface area contributed by atoms with Gasteiger partial charge in [0.25, 0.3) is 0 Å². The quantitative estimate of drug-likeness (QED) is 0.419. The lowest BCUT2D eigenvalue weighted by molar-refractivity contribution is -0.0500. The Morgan fingerprint density at radius 2 is 2.07 bits per heavy atom. The second-order valence-corrected chi connectivity index (χ2v) is 7.65. The molecule has 1 aromatic carbocycles. The topological polar surface area (TPSA) is 97.4 Å². The third kappa shape index (κ3) is 3.42. The first-order valence-corrected chi connectivity index (χ1v) is 9.10. The first kappa shape index (κ1) is 19.0. The summed E-state index contributed by atoms with van der Waals surface area (Å²) < 4.78 is 68.6. The Labute approximate surface area is 152 Å². The molecule has 0 saturated heterocycles. The van der Waals surface area contributed by atoms with E-state index in [9.17, 15) is 31.6 Å². The number of nitriles is 1. The summed E-state index contributed by atoms with van der Waals surface area (Å²) in [6.07, 6.45) is 3.10. The normalized spacial score (nSPS) is 18.9. The minimum absolute atomic E-state index is 0.0263. The van der Waals surface area contributed by atoms with Crippen molar-refractivity contribution < 1.29 is 35.0 Å². The van der Waals surface area contributed by atoms with E-state index in [1.54, 1.807) is 0 Å². The molecule has 0 saturated carbocycles. The molecule has 0 amide bonds. The number of hydrogen-bond donors (Lipinski definition) is 0. The van der Waals surface area contributed by atoms with Crippen LogP contribution in [0.3, 0.4) is 0 Å². The van der Waals surface area contributed by atoms with Crippen molar-refractivity contribution in [3.63, 3.8) is 0 Å². The van der Waals surface area contributed by atoms with E-state index in [1.165, 1.54) is 24.7 Å². The smallest absolute Gasteiger partial charge is 0.472 e. The average Bonchev–Trinajstić information content (AvgIpc) is 3.11. The van der Waals surface area contributed by atoms with Crippen LogP contribution in [0.15, 0.2) is 41.2 Å². The molecule has 1 atom stereocenters. The van der Waals surface area contributed by atoms with Crippen LogP contribution in [0.1, 0.15) is 34.3 Å². The fraction of sp³-hybridized carbons (Fsp3) is 0.294. The van der Waals surface area contributed by atoms with E-state index < -0.39 is 26.8 Å². The van der Waals surface area contributed by atoms with Gasteiger partial charge in [0, 0.05) is 6.42 Å². The Morgan fingerprint density at radius 3 is 2.67 bits per heavy atom. The van der Waals surface area contributed by atoms with Crippen molar-refractivity contribution in [2.45, 2.75) is 30.2 Å². The van der Waals surface area contributed by atoms with Crippen LogP contribution < -0.4 is 4.18 Å². The SMILES string of the molecule is N#CC1(CCC(=O)c2ccoc2)Cc2ccc(OS(=O)(=O)C(F)(F)F)cc21. The number of furan rings is 1. The van der Waals surface area contributed by atoms with Gasteiger partial charge >= 0.3 is 15.6 Å². The number of ketones is 1. The molecule has 0 N–H and O–H groups in total. The van der Waals surface area contributed by atoms with Gasteiger partial charge in [-0.25, -0.2) is 0 Å². The summed E-state index contributed by atoms with van der Waals surface area (Å²) in [5.74, 6) is -0.773. The second-order valence-electron chi connectivity index (χ2n) is 6.11. The summed E-state index contributed by atoms with van der Waals surface area (Å²) >= 11 is 0. The van der Waals surface area contributed by atoms with Crippen LogP contribution in [0, 0.1) is 11.3 Å². The molecular formula is C17H12F3NO5S. The Balaban J connectivity index is 1.80. The Hall–Kier alpha value is -2.80. The summed E-state index contributed by atoms with van der Waals surface area (Å²) in [6, 6.07) is 7.19. The van der Waals surface area contributed by atoms with E-state index in [4.69, 9.17) is 4.42 Å². The van der Waals surface area contributed by atoms with E-state index >= 15 is 0 Å². The summed E-state index contributed by atoms with van der Waals surface area (Å²) in [7, 11) is -5.80. The maximum Gasteiger partial charge on any atom is 0.534 e. The van der Waals surface area contributed by atoms with Gasteiger partial charge in [0.05, 0.1) is 23.3 Å². The van der Waals surface area contributed by atoms with Gasteiger partial charge in [0.1, 0.15) is 12.0 Å². The molecule has 1 aromatic heterocycles. The van der Waals surface area contributed by atoms with Gasteiger partial charge in [-0.05, 0) is 42.2 Å². The summed E-state index contributed by atoms with van der Waals surface area (Å²) in [5, 5.41) is 9.56. The first-order chi connectivity index (χ1) is 12.6. The second kappa shape index (κ2) is 6.42. The van der Waals surface area contributed by atoms with Gasteiger partial charge in [-0.3, -0.25) is 4.79 Å². The van der Waals surface area contributed by atoms with Crippen molar-refractivity contribution in [2.24, 2.45) is 0 Å². The van der Waals surface area contributed by atoms with Crippen LogP contribution in [0.25, 0.3) is 0 Å². The number of carbonyl (C=O) groups excluding carboxylic acids is 1. The zero-order chi connectivity index (χ0) is 19.9. The summed E-state index contributed by atoms with van der Waals surface area (Å²) in [4.78, 5) is 12.1. The van der Waals surface area contributed by atoms with Gasteiger partial charge in [0.15, 0.2) is 5.78 Å².